The van der Waals surface area contributed by atoms with E-state index in [0.717, 1.165) is 19.3 Å². The van der Waals surface area contributed by atoms with Crippen molar-refractivity contribution in [1.29, 1.82) is 0 Å². The molecule has 1 aromatic carbocycles. The molecule has 1 N–H and O–H groups in total. The Balaban J connectivity index is 1.88. The minimum Gasteiger partial charge on any atom is -0.466 e. The Kier molecular flexibility index (Phi) is 5.16. The lowest BCUT2D eigenvalue weighted by Gasteiger charge is -2.26. The minimum atomic E-state index is -0.313. The summed E-state index contributed by atoms with van der Waals surface area (Å²) in [5, 5.41) is 3.03. The molecular weight excluding hydrogens is 254 g/mol. The molecule has 4 heteroatoms. The van der Waals surface area contributed by atoms with Crippen LogP contribution in [0.2, 0.25) is 0 Å². The number of fused-ring (bicyclic) bond motifs is 1. The number of rotatable bonds is 5. The second kappa shape index (κ2) is 7.08. The number of amides is 1. The highest BCUT2D eigenvalue weighted by Crippen LogP contribution is 2.29. The van der Waals surface area contributed by atoms with Crippen LogP contribution in [0, 0.1) is 0 Å². The van der Waals surface area contributed by atoms with Gasteiger partial charge in [0.15, 0.2) is 0 Å². The van der Waals surface area contributed by atoms with Gasteiger partial charge in [0.1, 0.15) is 0 Å². The summed E-state index contributed by atoms with van der Waals surface area (Å²) in [6.07, 6.45) is 3.46. The summed E-state index contributed by atoms with van der Waals surface area (Å²) in [5.41, 5.74) is 2.53. The summed E-state index contributed by atoms with van der Waals surface area (Å²) in [6.45, 7) is 2.12. The minimum absolute atomic E-state index is 0.0784. The maximum absolute atomic E-state index is 11.9. The first-order chi connectivity index (χ1) is 9.70. The average Bonchev–Trinajstić information content (AvgIpc) is 2.46. The Morgan fingerprint density at radius 3 is 2.90 bits per heavy atom. The number of ether oxygens (including phenoxy) is 1. The summed E-state index contributed by atoms with van der Waals surface area (Å²) < 4.78 is 4.82. The van der Waals surface area contributed by atoms with E-state index in [-0.39, 0.29) is 30.8 Å². The van der Waals surface area contributed by atoms with Crippen LogP contribution >= 0.6 is 0 Å². The molecule has 0 aromatic heterocycles. The molecule has 4 nitrogen and oxygen atoms in total. The van der Waals surface area contributed by atoms with E-state index < -0.39 is 0 Å². The molecule has 1 aromatic rings. The maximum atomic E-state index is 11.9. The zero-order valence-electron chi connectivity index (χ0n) is 11.9. The predicted octanol–water partition coefficient (Wildman–Crippen LogP) is 2.52. The highest BCUT2D eigenvalue weighted by atomic mass is 16.5. The van der Waals surface area contributed by atoms with Crippen molar-refractivity contribution in [3.05, 3.63) is 35.4 Å². The number of carbonyl (C=O) groups excluding carboxylic acids is 2. The van der Waals surface area contributed by atoms with Crippen molar-refractivity contribution >= 4 is 11.9 Å². The summed E-state index contributed by atoms with van der Waals surface area (Å²) in [4.78, 5) is 23.1. The van der Waals surface area contributed by atoms with Gasteiger partial charge in [0, 0.05) is 6.42 Å². The van der Waals surface area contributed by atoms with Crippen LogP contribution < -0.4 is 5.32 Å². The van der Waals surface area contributed by atoms with Crippen LogP contribution in [0.5, 0.6) is 0 Å². The highest BCUT2D eigenvalue weighted by Gasteiger charge is 2.21. The van der Waals surface area contributed by atoms with Crippen LogP contribution in [0.25, 0.3) is 0 Å². The van der Waals surface area contributed by atoms with Crippen molar-refractivity contribution in [3.63, 3.8) is 0 Å². The van der Waals surface area contributed by atoms with E-state index in [9.17, 15) is 9.59 Å². The van der Waals surface area contributed by atoms with E-state index >= 15 is 0 Å². The van der Waals surface area contributed by atoms with Crippen molar-refractivity contribution in [2.75, 3.05) is 6.61 Å². The number of carbonyl (C=O) groups is 2. The molecule has 1 amide bonds. The summed E-state index contributed by atoms with van der Waals surface area (Å²) in [5.74, 6) is -0.397. The zero-order valence-corrected chi connectivity index (χ0v) is 11.9. The largest absolute Gasteiger partial charge is 0.466 e. The Morgan fingerprint density at radius 2 is 2.10 bits per heavy atom. The molecule has 108 valence electrons. The smallest absolute Gasteiger partial charge is 0.306 e. The molecule has 1 aliphatic rings. The molecule has 1 unspecified atom stereocenters. The van der Waals surface area contributed by atoms with Crippen molar-refractivity contribution in [3.8, 4) is 0 Å². The van der Waals surface area contributed by atoms with Gasteiger partial charge in [-0.2, -0.15) is 0 Å². The summed E-state index contributed by atoms with van der Waals surface area (Å²) >= 11 is 0. The van der Waals surface area contributed by atoms with E-state index in [4.69, 9.17) is 4.74 Å². The predicted molar refractivity (Wildman–Crippen MR) is 76.1 cm³/mol. The fraction of sp³-hybridized carbons (Fsp3) is 0.500. The number of benzene rings is 1. The summed E-state index contributed by atoms with van der Waals surface area (Å²) in [7, 11) is 0. The van der Waals surface area contributed by atoms with Gasteiger partial charge in [0.2, 0.25) is 5.91 Å². The molecule has 0 radical (unpaired) electrons. The molecule has 0 spiro atoms. The number of hydrogen-bond donors (Lipinski definition) is 1. The molecule has 0 bridgehead atoms. The number of aryl methyl sites for hydroxylation is 1. The van der Waals surface area contributed by atoms with Crippen LogP contribution in [-0.4, -0.2) is 18.5 Å². The second-order valence-electron chi connectivity index (χ2n) is 5.02. The molecule has 0 saturated carbocycles. The molecule has 0 aliphatic heterocycles. The quantitative estimate of drug-likeness (QED) is 0.840. The van der Waals surface area contributed by atoms with Crippen molar-refractivity contribution < 1.29 is 14.3 Å². The standard InChI is InChI=1S/C16H21NO3/c1-2-20-16(19)11-10-15(18)17-14-9-5-7-12-6-3-4-8-13(12)14/h3-4,6,8,14H,2,5,7,9-11H2,1H3,(H,17,18). The van der Waals surface area contributed by atoms with Crippen LogP contribution in [0.15, 0.2) is 24.3 Å². The van der Waals surface area contributed by atoms with Crippen LogP contribution in [0.4, 0.5) is 0 Å². The van der Waals surface area contributed by atoms with Gasteiger partial charge in [-0.15, -0.1) is 0 Å². The lowest BCUT2D eigenvalue weighted by atomic mass is 9.87. The molecular formula is C16H21NO3. The molecule has 0 fully saturated rings. The number of hydrogen-bond acceptors (Lipinski definition) is 3. The first-order valence-corrected chi connectivity index (χ1v) is 7.23. The molecule has 2 rings (SSSR count). The van der Waals surface area contributed by atoms with Gasteiger partial charge in [-0.25, -0.2) is 0 Å². The van der Waals surface area contributed by atoms with Crippen molar-refractivity contribution in [1.82, 2.24) is 5.32 Å². The van der Waals surface area contributed by atoms with E-state index in [2.05, 4.69) is 17.4 Å². The second-order valence-corrected chi connectivity index (χ2v) is 5.02. The Hall–Kier alpha value is -1.84. The van der Waals surface area contributed by atoms with E-state index in [1.807, 2.05) is 12.1 Å². The Bertz CT molecular complexity index is 484. The van der Waals surface area contributed by atoms with E-state index in [0.29, 0.717) is 6.61 Å². The van der Waals surface area contributed by atoms with Crippen LogP contribution in [0.3, 0.4) is 0 Å². The Labute approximate surface area is 119 Å². The molecule has 20 heavy (non-hydrogen) atoms. The van der Waals surface area contributed by atoms with Gasteiger partial charge in [0.05, 0.1) is 19.1 Å². The molecule has 0 saturated heterocycles. The highest BCUT2D eigenvalue weighted by molar-refractivity contribution is 5.81. The van der Waals surface area contributed by atoms with Crippen LogP contribution in [-0.2, 0) is 20.7 Å². The topological polar surface area (TPSA) is 55.4 Å². The number of esters is 1. The maximum Gasteiger partial charge on any atom is 0.306 e. The zero-order chi connectivity index (χ0) is 14.4. The van der Waals surface area contributed by atoms with Gasteiger partial charge >= 0.3 is 5.97 Å². The SMILES string of the molecule is CCOC(=O)CCC(=O)NC1CCCc2ccccc21. The average molecular weight is 275 g/mol. The first-order valence-electron chi connectivity index (χ1n) is 7.23. The van der Waals surface area contributed by atoms with Gasteiger partial charge in [0.25, 0.3) is 0 Å². The third kappa shape index (κ3) is 3.83. The Morgan fingerprint density at radius 1 is 1.30 bits per heavy atom. The summed E-state index contributed by atoms with van der Waals surface area (Å²) in [6, 6.07) is 8.30. The fourth-order valence-electron chi connectivity index (χ4n) is 2.62. The van der Waals surface area contributed by atoms with Crippen molar-refractivity contribution in [2.45, 2.75) is 45.1 Å². The van der Waals surface area contributed by atoms with Gasteiger partial charge in [-0.1, -0.05) is 24.3 Å². The molecule has 1 atom stereocenters. The van der Waals surface area contributed by atoms with Crippen molar-refractivity contribution in [2.24, 2.45) is 0 Å². The normalized spacial score (nSPS) is 17.1. The number of nitrogens with one attached hydrogen (secondary N) is 1. The molecule has 0 heterocycles. The third-order valence-electron chi connectivity index (χ3n) is 3.57. The van der Waals surface area contributed by atoms with Gasteiger partial charge in [-0.3, -0.25) is 9.59 Å². The molecule has 1 aliphatic carbocycles. The lowest BCUT2D eigenvalue weighted by Crippen LogP contribution is -2.31. The lowest BCUT2D eigenvalue weighted by molar-refractivity contribution is -0.144. The van der Waals surface area contributed by atoms with E-state index in [1.54, 1.807) is 6.92 Å². The first kappa shape index (κ1) is 14.6. The fourth-order valence-corrected chi connectivity index (χ4v) is 2.62. The monoisotopic (exact) mass is 275 g/mol. The van der Waals surface area contributed by atoms with E-state index in [1.165, 1.54) is 11.1 Å². The van der Waals surface area contributed by atoms with Gasteiger partial charge < -0.3 is 10.1 Å². The van der Waals surface area contributed by atoms with Gasteiger partial charge in [-0.05, 0) is 37.3 Å². The van der Waals surface area contributed by atoms with Crippen LogP contribution in [0.1, 0.15) is 49.8 Å². The third-order valence-corrected chi connectivity index (χ3v) is 3.57.